The molecule has 0 saturated heterocycles. The summed E-state index contributed by atoms with van der Waals surface area (Å²) < 4.78 is 0. The van der Waals surface area contributed by atoms with Crippen molar-refractivity contribution in [2.24, 2.45) is 23.7 Å². The molecule has 4 atom stereocenters. The molecule has 26 heavy (non-hydrogen) atoms. The van der Waals surface area contributed by atoms with Crippen molar-refractivity contribution < 1.29 is 113 Å². The van der Waals surface area contributed by atoms with Crippen LogP contribution in [0.5, 0.6) is 0 Å². The van der Waals surface area contributed by atoms with Gasteiger partial charge in [-0.25, -0.2) is 0 Å². The molecule has 0 fully saturated rings. The van der Waals surface area contributed by atoms with E-state index in [0.29, 0.717) is 29.8 Å². The van der Waals surface area contributed by atoms with E-state index in [1.54, 1.807) is 0 Å². The maximum absolute atomic E-state index is 10.1. The third-order valence-corrected chi connectivity index (χ3v) is 4.98. The minimum absolute atomic E-state index is 0. The van der Waals surface area contributed by atoms with Crippen molar-refractivity contribution >= 4 is 69.4 Å². The van der Waals surface area contributed by atoms with Crippen LogP contribution in [0.4, 0.5) is 0 Å². The molecular formula is C16H29O3S4Y3-3. The monoisotopic (exact) mass is 664 g/mol. The summed E-state index contributed by atoms with van der Waals surface area (Å²) in [4.78, 5) is 29.5. The van der Waals surface area contributed by atoms with Gasteiger partial charge < -0.3 is 14.4 Å². The van der Waals surface area contributed by atoms with E-state index in [-0.39, 0.29) is 110 Å². The van der Waals surface area contributed by atoms with E-state index in [9.17, 15) is 14.4 Å². The Balaban J connectivity index is -0.0000000551. The fourth-order valence-corrected chi connectivity index (χ4v) is 2.07. The molecule has 0 heterocycles. The van der Waals surface area contributed by atoms with Gasteiger partial charge in [0, 0.05) is 98.1 Å². The Labute approximate surface area is 257 Å². The Kier molecular flexibility index (Phi) is 60.5. The van der Waals surface area contributed by atoms with Crippen LogP contribution in [0.25, 0.3) is 0 Å². The van der Waals surface area contributed by atoms with E-state index in [2.05, 4.69) is 50.5 Å². The van der Waals surface area contributed by atoms with Crippen molar-refractivity contribution in [2.75, 3.05) is 23.0 Å². The second kappa shape index (κ2) is 36.1. The van der Waals surface area contributed by atoms with E-state index >= 15 is 0 Å². The first-order chi connectivity index (χ1) is 10.9. The van der Waals surface area contributed by atoms with E-state index in [1.165, 1.54) is 0 Å². The predicted molar refractivity (Wildman–Crippen MR) is 113 cm³/mol. The average Bonchev–Trinajstić information content (AvgIpc) is 2.58. The van der Waals surface area contributed by atoms with Crippen LogP contribution in [0.15, 0.2) is 0 Å². The van der Waals surface area contributed by atoms with Gasteiger partial charge >= 0.3 is 0 Å². The third kappa shape index (κ3) is 32.4. The Hall–Kier alpha value is 3.72. The second-order valence-corrected chi connectivity index (χ2v) is 6.57. The summed E-state index contributed by atoms with van der Waals surface area (Å²) in [5.41, 5.74) is 0. The Morgan fingerprint density at radius 3 is 1.35 bits per heavy atom. The SMILES string of the molecule is CC(CS)C([C-]=O)CS.CC(CS)C[C-]=O.CCC([C-]=O)CS.[Y].[Y].[Y]. The van der Waals surface area contributed by atoms with Gasteiger partial charge in [-0.3, -0.25) is 18.9 Å². The molecular weight excluding hydrogens is 635 g/mol. The molecule has 0 aromatic heterocycles. The smallest absolute Gasteiger partial charge is 0 e. The van der Waals surface area contributed by atoms with Gasteiger partial charge in [-0.15, -0.1) is 18.3 Å². The van der Waals surface area contributed by atoms with Crippen LogP contribution < -0.4 is 0 Å². The van der Waals surface area contributed by atoms with Crippen LogP contribution in [0.1, 0.15) is 33.6 Å². The first kappa shape index (κ1) is 43.6. The molecule has 0 aromatic carbocycles. The van der Waals surface area contributed by atoms with Crippen molar-refractivity contribution in [3.8, 4) is 0 Å². The number of rotatable bonds is 10. The van der Waals surface area contributed by atoms with Crippen molar-refractivity contribution in [3.63, 3.8) is 0 Å². The summed E-state index contributed by atoms with van der Waals surface area (Å²) in [5.74, 6) is 3.37. The van der Waals surface area contributed by atoms with Crippen LogP contribution in [0.3, 0.4) is 0 Å². The van der Waals surface area contributed by atoms with Crippen LogP contribution in [0, 0.1) is 23.7 Å². The molecule has 0 aliphatic heterocycles. The van der Waals surface area contributed by atoms with Crippen LogP contribution >= 0.6 is 50.5 Å². The zero-order chi connectivity index (χ0) is 18.7. The quantitative estimate of drug-likeness (QED) is 0.215. The van der Waals surface area contributed by atoms with Crippen molar-refractivity contribution in [3.05, 3.63) is 0 Å². The van der Waals surface area contributed by atoms with Gasteiger partial charge in [-0.05, 0) is 23.0 Å². The molecule has 0 rings (SSSR count). The molecule has 4 unspecified atom stereocenters. The van der Waals surface area contributed by atoms with Crippen molar-refractivity contribution in [2.45, 2.75) is 33.6 Å². The minimum Gasteiger partial charge on any atom is -0.542 e. The number of carbonyl (C=O) groups excluding carboxylic acids is 3. The molecule has 3 radical (unpaired) electrons. The third-order valence-electron chi connectivity index (χ3n) is 2.95. The first-order valence-corrected chi connectivity index (χ1v) is 9.98. The van der Waals surface area contributed by atoms with Gasteiger partial charge in [0.1, 0.15) is 0 Å². The van der Waals surface area contributed by atoms with Gasteiger partial charge in [0.25, 0.3) is 0 Å². The molecule has 147 valence electrons. The van der Waals surface area contributed by atoms with E-state index in [1.807, 2.05) is 39.6 Å². The minimum atomic E-state index is -0.0502. The zero-order valence-electron chi connectivity index (χ0n) is 15.8. The Morgan fingerprint density at radius 1 is 0.769 bits per heavy atom. The molecule has 0 aliphatic carbocycles. The van der Waals surface area contributed by atoms with Crippen molar-refractivity contribution in [1.29, 1.82) is 0 Å². The Bertz CT molecular complexity index is 287. The molecule has 0 spiro atoms. The Morgan fingerprint density at radius 2 is 1.27 bits per heavy atom. The predicted octanol–water partition coefficient (Wildman–Crippen LogP) is 3.30. The summed E-state index contributed by atoms with van der Waals surface area (Å²) in [6.45, 7) is 5.89. The molecule has 0 aliphatic rings. The summed E-state index contributed by atoms with van der Waals surface area (Å²) in [6, 6.07) is 0. The zero-order valence-corrected chi connectivity index (χ0v) is 27.9. The number of thiol groups is 4. The fraction of sp³-hybridized carbons (Fsp3) is 0.812. The van der Waals surface area contributed by atoms with E-state index in [0.717, 1.165) is 17.9 Å². The molecule has 0 amide bonds. The summed E-state index contributed by atoms with van der Waals surface area (Å²) in [6.07, 6.45) is 6.99. The maximum Gasteiger partial charge on any atom is 0 e. The topological polar surface area (TPSA) is 51.2 Å². The van der Waals surface area contributed by atoms with Crippen LogP contribution in [0.2, 0.25) is 0 Å². The van der Waals surface area contributed by atoms with Gasteiger partial charge in [0.05, 0.1) is 0 Å². The molecule has 0 saturated carbocycles. The molecule has 3 nitrogen and oxygen atoms in total. The van der Waals surface area contributed by atoms with E-state index in [4.69, 9.17) is 0 Å². The van der Waals surface area contributed by atoms with E-state index < -0.39 is 0 Å². The standard InChI is InChI=1S/C6H11OS2.2C5H9OS.3Y/c1-5(3-8)6(2-7)4-9;1-5(4-7)2-3-6;1-2-5(3-6)4-7;;;/h5-6,8-9H,3-4H2,1H3;2*5,7H,2,4H2,1H3;;;/q3*-1;;;. The molecule has 0 N–H and O–H groups in total. The van der Waals surface area contributed by atoms with Gasteiger partial charge in [-0.2, -0.15) is 50.5 Å². The van der Waals surface area contributed by atoms with Crippen LogP contribution in [-0.4, -0.2) is 41.9 Å². The number of hydrogen-bond donors (Lipinski definition) is 4. The average molecular weight is 664 g/mol. The van der Waals surface area contributed by atoms with Gasteiger partial charge in [-0.1, -0.05) is 39.0 Å². The summed E-state index contributed by atoms with van der Waals surface area (Å²) in [7, 11) is 0. The number of hydrogen-bond acceptors (Lipinski definition) is 7. The molecule has 0 bridgehead atoms. The van der Waals surface area contributed by atoms with Gasteiger partial charge in [0.2, 0.25) is 0 Å². The second-order valence-electron chi connectivity index (χ2n) is 5.11. The van der Waals surface area contributed by atoms with Crippen molar-refractivity contribution in [1.82, 2.24) is 0 Å². The maximum atomic E-state index is 10.1. The first-order valence-electron chi connectivity index (χ1n) is 7.45. The fourth-order valence-electron chi connectivity index (χ4n) is 0.917. The molecule has 10 heteroatoms. The van der Waals surface area contributed by atoms with Gasteiger partial charge in [0.15, 0.2) is 0 Å². The largest absolute Gasteiger partial charge is 0.542 e. The summed E-state index contributed by atoms with van der Waals surface area (Å²) in [5, 5.41) is 0. The normalized spacial score (nSPS) is 13.0. The summed E-state index contributed by atoms with van der Waals surface area (Å²) >= 11 is 15.9. The molecule has 0 aromatic rings. The van der Waals surface area contributed by atoms with Crippen LogP contribution in [-0.2, 0) is 113 Å².